The van der Waals surface area contributed by atoms with Crippen LogP contribution in [0.4, 0.5) is 0 Å². The summed E-state index contributed by atoms with van der Waals surface area (Å²) in [6.07, 6.45) is 0.658. The minimum atomic E-state index is -2.98. The van der Waals surface area contributed by atoms with Crippen LogP contribution in [0.1, 0.15) is 23.1 Å². The third kappa shape index (κ3) is 4.15. The highest BCUT2D eigenvalue weighted by Crippen LogP contribution is 2.12. The summed E-state index contributed by atoms with van der Waals surface area (Å²) >= 11 is 0. The Morgan fingerprint density at radius 3 is 2.70 bits per heavy atom. The third-order valence-corrected chi connectivity index (χ3v) is 5.48. The molecule has 1 aromatic rings. The molecule has 1 fully saturated rings. The molecule has 0 bridgehead atoms. The van der Waals surface area contributed by atoms with Crippen molar-refractivity contribution in [3.8, 4) is 0 Å². The second-order valence-electron chi connectivity index (χ2n) is 5.60. The average Bonchev–Trinajstić information content (AvgIpc) is 2.32. The largest absolute Gasteiger partial charge is 0.312 e. The molecule has 4 nitrogen and oxygen atoms in total. The van der Waals surface area contributed by atoms with Crippen molar-refractivity contribution in [2.75, 3.05) is 18.1 Å². The van der Waals surface area contributed by atoms with Crippen LogP contribution in [0.2, 0.25) is 0 Å². The summed E-state index contributed by atoms with van der Waals surface area (Å²) in [5.41, 5.74) is 3.38. The van der Waals surface area contributed by atoms with Gasteiger partial charge in [0, 0.05) is 25.4 Å². The van der Waals surface area contributed by atoms with Crippen LogP contribution in [0.15, 0.2) is 18.2 Å². The molecule has 1 heterocycles. The summed E-state index contributed by atoms with van der Waals surface area (Å²) < 4.78 is 23.1. The van der Waals surface area contributed by atoms with E-state index >= 15 is 0 Å². The zero-order valence-electron chi connectivity index (χ0n) is 12.0. The Bertz CT molecular complexity index is 608. The van der Waals surface area contributed by atoms with Crippen molar-refractivity contribution < 1.29 is 13.2 Å². The Hall–Kier alpha value is -1.20. The number of ketones is 1. The van der Waals surface area contributed by atoms with Gasteiger partial charge in [-0.1, -0.05) is 18.2 Å². The van der Waals surface area contributed by atoms with Crippen molar-refractivity contribution in [2.24, 2.45) is 0 Å². The lowest BCUT2D eigenvalue weighted by Crippen LogP contribution is -2.46. The van der Waals surface area contributed by atoms with Gasteiger partial charge in [-0.25, -0.2) is 8.42 Å². The van der Waals surface area contributed by atoms with Crippen molar-refractivity contribution in [3.05, 3.63) is 34.9 Å². The Labute approximate surface area is 120 Å². The van der Waals surface area contributed by atoms with Crippen LogP contribution in [-0.4, -0.2) is 38.3 Å². The lowest BCUT2D eigenvalue weighted by molar-refractivity contribution is -0.118. The van der Waals surface area contributed by atoms with E-state index < -0.39 is 9.84 Å². The molecule has 1 saturated heterocycles. The fourth-order valence-electron chi connectivity index (χ4n) is 2.49. The molecule has 5 heteroatoms. The fraction of sp³-hybridized carbons (Fsp3) is 0.533. The Kier molecular flexibility index (Phi) is 4.60. The highest BCUT2D eigenvalue weighted by molar-refractivity contribution is 7.91. The van der Waals surface area contributed by atoms with E-state index in [1.165, 1.54) is 11.1 Å². The van der Waals surface area contributed by atoms with Crippen LogP contribution in [0, 0.1) is 13.8 Å². The molecule has 1 unspecified atom stereocenters. The van der Waals surface area contributed by atoms with E-state index in [0.717, 1.165) is 5.56 Å². The first-order valence-electron chi connectivity index (χ1n) is 6.87. The minimum absolute atomic E-state index is 0.0751. The quantitative estimate of drug-likeness (QED) is 0.906. The van der Waals surface area contributed by atoms with Gasteiger partial charge in [-0.3, -0.25) is 4.79 Å². The van der Waals surface area contributed by atoms with Gasteiger partial charge in [0.05, 0.1) is 11.5 Å². The van der Waals surface area contributed by atoms with E-state index in [2.05, 4.69) is 5.32 Å². The van der Waals surface area contributed by atoms with E-state index in [-0.39, 0.29) is 29.8 Å². The van der Waals surface area contributed by atoms with Crippen LogP contribution in [0.25, 0.3) is 0 Å². The molecule has 0 spiro atoms. The zero-order valence-corrected chi connectivity index (χ0v) is 12.8. The predicted octanol–water partition coefficient (Wildman–Crippen LogP) is 1.19. The molecule has 1 N–H and O–H groups in total. The number of carbonyl (C=O) groups is 1. The number of nitrogens with one attached hydrogen (secondary N) is 1. The molecule has 1 aliphatic heterocycles. The maximum absolute atomic E-state index is 12.1. The number of hydrogen-bond donors (Lipinski definition) is 1. The predicted molar refractivity (Wildman–Crippen MR) is 79.7 cm³/mol. The van der Waals surface area contributed by atoms with Crippen LogP contribution in [0.5, 0.6) is 0 Å². The number of benzene rings is 1. The number of Topliss-reactive ketones (excluding diaryl/α,β-unsaturated/α-hetero) is 1. The zero-order chi connectivity index (χ0) is 14.8. The normalized spacial score (nSPS) is 21.6. The number of hydrogen-bond acceptors (Lipinski definition) is 4. The molecule has 2 rings (SSSR count). The Morgan fingerprint density at radius 1 is 1.30 bits per heavy atom. The van der Waals surface area contributed by atoms with Crippen LogP contribution in [0.3, 0.4) is 0 Å². The average molecular weight is 295 g/mol. The molecule has 0 aromatic heterocycles. The molecule has 0 saturated carbocycles. The van der Waals surface area contributed by atoms with E-state index in [1.54, 1.807) is 0 Å². The van der Waals surface area contributed by atoms with Gasteiger partial charge in [0.2, 0.25) is 0 Å². The van der Waals surface area contributed by atoms with Gasteiger partial charge in [0.25, 0.3) is 0 Å². The number of sulfone groups is 1. The number of carbonyl (C=O) groups excluding carboxylic acids is 1. The van der Waals surface area contributed by atoms with Gasteiger partial charge in [-0.2, -0.15) is 0 Å². The van der Waals surface area contributed by atoms with Crippen LogP contribution < -0.4 is 5.32 Å². The first-order chi connectivity index (χ1) is 9.35. The first kappa shape index (κ1) is 15.2. The smallest absolute Gasteiger partial charge is 0.153 e. The lowest BCUT2D eigenvalue weighted by atomic mass is 10.00. The van der Waals surface area contributed by atoms with Gasteiger partial charge >= 0.3 is 0 Å². The van der Waals surface area contributed by atoms with Crippen LogP contribution >= 0.6 is 0 Å². The molecular weight excluding hydrogens is 274 g/mol. The summed E-state index contributed by atoms with van der Waals surface area (Å²) in [6.45, 7) is 4.51. The second-order valence-corrected chi connectivity index (χ2v) is 7.83. The maximum Gasteiger partial charge on any atom is 0.153 e. The SMILES string of the molecule is Cc1ccc(CC(=O)CC2CS(=O)(=O)CCN2)cc1C. The highest BCUT2D eigenvalue weighted by Gasteiger charge is 2.25. The summed E-state index contributed by atoms with van der Waals surface area (Å²) in [6, 6.07) is 5.78. The molecule has 1 aliphatic rings. The Morgan fingerprint density at radius 2 is 2.05 bits per heavy atom. The van der Waals surface area contributed by atoms with Crippen molar-refractivity contribution in [1.29, 1.82) is 0 Å². The van der Waals surface area contributed by atoms with E-state index in [0.29, 0.717) is 13.0 Å². The maximum atomic E-state index is 12.1. The summed E-state index contributed by atoms with van der Waals surface area (Å²) in [5.74, 6) is 0.336. The summed E-state index contributed by atoms with van der Waals surface area (Å²) in [7, 11) is -2.98. The molecule has 0 amide bonds. The van der Waals surface area contributed by atoms with Crippen LogP contribution in [-0.2, 0) is 21.1 Å². The topological polar surface area (TPSA) is 63.2 Å². The standard InChI is InChI=1S/C15H21NO3S/c1-11-3-4-13(7-12(11)2)8-15(17)9-14-10-20(18,19)6-5-16-14/h3-4,7,14,16H,5-6,8-10H2,1-2H3. The first-order valence-corrected chi connectivity index (χ1v) is 8.69. The molecule has 1 aromatic carbocycles. The van der Waals surface area contributed by atoms with Gasteiger partial charge in [-0.05, 0) is 30.5 Å². The molecule has 110 valence electrons. The fourth-order valence-corrected chi connectivity index (χ4v) is 3.93. The van der Waals surface area contributed by atoms with E-state index in [4.69, 9.17) is 0 Å². The highest BCUT2D eigenvalue weighted by atomic mass is 32.2. The monoisotopic (exact) mass is 295 g/mol. The van der Waals surface area contributed by atoms with E-state index in [1.807, 2.05) is 32.0 Å². The van der Waals surface area contributed by atoms with Gasteiger partial charge in [0.15, 0.2) is 9.84 Å². The van der Waals surface area contributed by atoms with Gasteiger partial charge in [-0.15, -0.1) is 0 Å². The lowest BCUT2D eigenvalue weighted by Gasteiger charge is -2.23. The molecular formula is C15H21NO3S. The van der Waals surface area contributed by atoms with Gasteiger partial charge < -0.3 is 5.32 Å². The van der Waals surface area contributed by atoms with E-state index in [9.17, 15) is 13.2 Å². The van der Waals surface area contributed by atoms with Crippen molar-refractivity contribution in [2.45, 2.75) is 32.7 Å². The molecule has 0 aliphatic carbocycles. The summed E-state index contributed by atoms with van der Waals surface area (Å²) in [5, 5.41) is 3.11. The van der Waals surface area contributed by atoms with Crippen molar-refractivity contribution in [1.82, 2.24) is 5.32 Å². The van der Waals surface area contributed by atoms with Crippen molar-refractivity contribution >= 4 is 15.6 Å². The molecule has 0 radical (unpaired) electrons. The number of rotatable bonds is 4. The molecule has 20 heavy (non-hydrogen) atoms. The minimum Gasteiger partial charge on any atom is -0.312 e. The summed E-state index contributed by atoms with van der Waals surface area (Å²) in [4.78, 5) is 12.1. The third-order valence-electron chi connectivity index (χ3n) is 3.75. The number of aryl methyl sites for hydroxylation is 2. The van der Waals surface area contributed by atoms with Crippen molar-refractivity contribution in [3.63, 3.8) is 0 Å². The second kappa shape index (κ2) is 6.06. The Balaban J connectivity index is 1.93. The molecule has 1 atom stereocenters. The van der Waals surface area contributed by atoms with Gasteiger partial charge in [0.1, 0.15) is 5.78 Å².